The number of ether oxygens (including phenoxy) is 1. The maximum absolute atomic E-state index is 14.0. The Labute approximate surface area is 230 Å². The number of carbonyl (C=O) groups excluding carboxylic acids is 3. The summed E-state index contributed by atoms with van der Waals surface area (Å²) in [5, 5.41) is 3.46. The summed E-state index contributed by atoms with van der Waals surface area (Å²) in [5.74, 6) is -11.5. The number of benzene rings is 2. The van der Waals surface area contributed by atoms with E-state index in [9.17, 15) is 36.7 Å². The first-order valence-corrected chi connectivity index (χ1v) is 12.4. The van der Waals surface area contributed by atoms with Crippen molar-refractivity contribution in [1.29, 1.82) is 0 Å². The number of rotatable bonds is 12. The van der Waals surface area contributed by atoms with Crippen molar-refractivity contribution in [1.82, 2.24) is 15.4 Å². The number of aromatic nitrogens is 1. The summed E-state index contributed by atoms with van der Waals surface area (Å²) >= 11 is 6.00. The van der Waals surface area contributed by atoms with Crippen LogP contribution in [0.15, 0.2) is 41.3 Å². The Morgan fingerprint density at radius 1 is 1.02 bits per heavy atom. The molecule has 0 saturated heterocycles. The van der Waals surface area contributed by atoms with E-state index in [2.05, 4.69) is 5.32 Å². The number of amides is 2. The van der Waals surface area contributed by atoms with Crippen molar-refractivity contribution in [2.75, 3.05) is 13.2 Å². The van der Waals surface area contributed by atoms with Gasteiger partial charge in [0.05, 0.1) is 13.0 Å². The lowest BCUT2D eigenvalue weighted by molar-refractivity contribution is -0.137. The largest absolute Gasteiger partial charge is 0.479 e. The van der Waals surface area contributed by atoms with E-state index in [4.69, 9.17) is 21.2 Å². The van der Waals surface area contributed by atoms with Crippen LogP contribution < -0.4 is 21.1 Å². The average Bonchev–Trinajstić information content (AvgIpc) is 2.92. The van der Waals surface area contributed by atoms with E-state index >= 15 is 0 Å². The summed E-state index contributed by atoms with van der Waals surface area (Å²) < 4.78 is 60.8. The minimum atomic E-state index is -1.87. The van der Waals surface area contributed by atoms with Crippen LogP contribution >= 0.6 is 11.6 Å². The van der Waals surface area contributed by atoms with Crippen LogP contribution in [0.3, 0.4) is 0 Å². The van der Waals surface area contributed by atoms with E-state index in [1.807, 2.05) is 5.48 Å². The van der Waals surface area contributed by atoms with E-state index in [0.29, 0.717) is 10.4 Å². The summed E-state index contributed by atoms with van der Waals surface area (Å²) in [5.41, 5.74) is 1.50. The molecule has 1 heterocycles. The highest BCUT2D eigenvalue weighted by Gasteiger charge is 2.30. The molecule has 0 fully saturated rings. The van der Waals surface area contributed by atoms with Gasteiger partial charge in [0, 0.05) is 22.7 Å². The molecule has 2 amide bonds. The van der Waals surface area contributed by atoms with Gasteiger partial charge in [-0.05, 0) is 36.9 Å². The minimum Gasteiger partial charge on any atom is -0.479 e. The molecule has 0 spiro atoms. The third kappa shape index (κ3) is 6.96. The van der Waals surface area contributed by atoms with Crippen LogP contribution in [0, 0.1) is 23.3 Å². The summed E-state index contributed by atoms with van der Waals surface area (Å²) in [6.07, 6.45) is 0.770. The summed E-state index contributed by atoms with van der Waals surface area (Å²) in [6.45, 7) is 2.08. The van der Waals surface area contributed by atoms with Gasteiger partial charge in [0.2, 0.25) is 23.4 Å². The van der Waals surface area contributed by atoms with Gasteiger partial charge in [0.15, 0.2) is 23.2 Å². The number of hydrogen-bond donors (Lipinski definition) is 2. The molecule has 0 aliphatic rings. The molecular formula is C26H24ClF4N3O6. The smallest absolute Gasteiger partial charge is 0.259 e. The lowest BCUT2D eigenvalue weighted by atomic mass is 10.1. The van der Waals surface area contributed by atoms with E-state index in [-0.39, 0.29) is 24.5 Å². The van der Waals surface area contributed by atoms with Crippen molar-refractivity contribution >= 4 is 40.0 Å². The number of Topliss-reactive ketones (excluding diaryl/α,β-unsaturated/α-hetero) is 1. The second-order valence-corrected chi connectivity index (χ2v) is 8.90. The predicted octanol–water partition coefficient (Wildman–Crippen LogP) is 3.75. The molecule has 3 rings (SSSR count). The van der Waals surface area contributed by atoms with Crippen molar-refractivity contribution < 1.29 is 41.5 Å². The molecule has 1 unspecified atom stereocenters. The number of fused-ring (bicyclic) bond motifs is 1. The van der Waals surface area contributed by atoms with Gasteiger partial charge in [-0.25, -0.2) is 14.3 Å². The van der Waals surface area contributed by atoms with Gasteiger partial charge in [-0.15, -0.1) is 0 Å². The Balaban J connectivity index is 1.86. The quantitative estimate of drug-likeness (QED) is 0.190. The number of pyridine rings is 1. The Morgan fingerprint density at radius 2 is 1.70 bits per heavy atom. The van der Waals surface area contributed by atoms with Gasteiger partial charge in [0.1, 0.15) is 18.7 Å². The fraction of sp³-hybridized carbons (Fsp3) is 0.308. The highest BCUT2D eigenvalue weighted by molar-refractivity contribution is 6.31. The molecule has 0 saturated carbocycles. The number of hydrogen-bond acceptors (Lipinski definition) is 6. The van der Waals surface area contributed by atoms with Crippen LogP contribution in [-0.2, 0) is 19.2 Å². The van der Waals surface area contributed by atoms with Gasteiger partial charge < -0.3 is 14.6 Å². The Kier molecular flexibility index (Phi) is 10.2. The van der Waals surface area contributed by atoms with E-state index in [0.717, 1.165) is 4.57 Å². The maximum Gasteiger partial charge on any atom is 0.259 e. The van der Waals surface area contributed by atoms with Crippen LogP contribution in [0.1, 0.15) is 32.7 Å². The predicted molar refractivity (Wildman–Crippen MR) is 136 cm³/mol. The van der Waals surface area contributed by atoms with Crippen LogP contribution in [0.25, 0.3) is 10.8 Å². The zero-order valence-electron chi connectivity index (χ0n) is 21.2. The van der Waals surface area contributed by atoms with Gasteiger partial charge in [-0.3, -0.25) is 24.0 Å². The van der Waals surface area contributed by atoms with E-state index < -0.39 is 77.3 Å². The third-order valence-electron chi connectivity index (χ3n) is 5.78. The lowest BCUT2D eigenvalue weighted by Crippen LogP contribution is -2.49. The monoisotopic (exact) mass is 585 g/mol. The normalized spacial score (nSPS) is 12.6. The molecule has 2 aromatic carbocycles. The summed E-state index contributed by atoms with van der Waals surface area (Å²) in [7, 11) is 0. The molecule has 1 aromatic heterocycles. The topological polar surface area (TPSA) is 116 Å². The lowest BCUT2D eigenvalue weighted by Gasteiger charge is -2.23. The molecule has 0 aliphatic heterocycles. The van der Waals surface area contributed by atoms with Gasteiger partial charge in [-0.2, -0.15) is 8.78 Å². The third-order valence-corrected chi connectivity index (χ3v) is 6.01. The molecule has 9 nitrogen and oxygen atoms in total. The highest BCUT2D eigenvalue weighted by atomic mass is 35.5. The van der Waals surface area contributed by atoms with Crippen LogP contribution in [-0.4, -0.2) is 41.4 Å². The van der Waals surface area contributed by atoms with Crippen molar-refractivity contribution in [2.45, 2.75) is 38.8 Å². The maximum atomic E-state index is 14.0. The van der Waals surface area contributed by atoms with Gasteiger partial charge in [-0.1, -0.05) is 24.6 Å². The first kappa shape index (κ1) is 30.6. The molecule has 0 bridgehead atoms. The van der Waals surface area contributed by atoms with Crippen molar-refractivity contribution in [3.8, 4) is 5.75 Å². The first-order chi connectivity index (χ1) is 19.0. The summed E-state index contributed by atoms with van der Waals surface area (Å²) in [6, 6.07) is 3.44. The molecule has 3 aromatic rings. The molecule has 2 atom stereocenters. The number of nitrogens with one attached hydrogen (secondary N) is 2. The zero-order chi connectivity index (χ0) is 29.6. The number of halogens is 5. The van der Waals surface area contributed by atoms with Crippen LogP contribution in [0.4, 0.5) is 17.6 Å². The van der Waals surface area contributed by atoms with Crippen LogP contribution in [0.5, 0.6) is 5.75 Å². The molecule has 2 N–H and O–H groups in total. The number of ketones is 1. The molecule has 40 heavy (non-hydrogen) atoms. The zero-order valence-corrected chi connectivity index (χ0v) is 22.0. The highest BCUT2D eigenvalue weighted by Crippen LogP contribution is 2.26. The van der Waals surface area contributed by atoms with Gasteiger partial charge in [0.25, 0.3) is 5.56 Å². The molecule has 0 radical (unpaired) electrons. The second kappa shape index (κ2) is 13.4. The Morgan fingerprint density at radius 3 is 2.33 bits per heavy atom. The van der Waals surface area contributed by atoms with Gasteiger partial charge >= 0.3 is 0 Å². The SMILES string of the molecule is CCONC(=O)CC(NC(=O)[C@H](CC)n1ccc2ccc(Cl)cc2c1=O)C(=O)COc1c(F)c(F)cc(F)c1F. The second-order valence-electron chi connectivity index (χ2n) is 8.46. The Hall–Kier alpha value is -3.97. The fourth-order valence-electron chi connectivity index (χ4n) is 3.80. The fourth-order valence-corrected chi connectivity index (χ4v) is 3.97. The molecule has 214 valence electrons. The summed E-state index contributed by atoms with van der Waals surface area (Å²) in [4.78, 5) is 56.3. The van der Waals surface area contributed by atoms with E-state index in [1.165, 1.54) is 12.3 Å². The number of carbonyl (C=O) groups is 3. The standard InChI is InChI=1S/C26H24ClF4N3O6/c1-3-19(34-8-7-13-5-6-14(27)9-15(13)26(34)38)25(37)32-18(11-21(36)33-40-4-2)20(35)12-39-24-22(30)16(28)10-17(29)23(24)31/h5-10,18-19H,3-4,11-12H2,1-2H3,(H,32,37)(H,33,36)/t18?,19-/m0/s1. The number of nitrogens with zero attached hydrogens (tertiary/aromatic N) is 1. The van der Waals surface area contributed by atoms with Crippen LogP contribution in [0.2, 0.25) is 5.02 Å². The minimum absolute atomic E-state index is 0.0337. The molecule has 0 aliphatic carbocycles. The Bertz CT molecular complexity index is 1470. The van der Waals surface area contributed by atoms with Crippen molar-refractivity contribution in [3.05, 3.63) is 75.2 Å². The first-order valence-electron chi connectivity index (χ1n) is 12.0. The van der Waals surface area contributed by atoms with Crippen molar-refractivity contribution in [3.63, 3.8) is 0 Å². The molecular weight excluding hydrogens is 562 g/mol. The van der Waals surface area contributed by atoms with Crippen molar-refractivity contribution in [2.24, 2.45) is 0 Å². The number of hydroxylamine groups is 1. The average molecular weight is 586 g/mol. The molecule has 14 heteroatoms. The van der Waals surface area contributed by atoms with E-state index in [1.54, 1.807) is 32.0 Å².